The molecule has 0 amide bonds. The second kappa shape index (κ2) is 10.3. The Labute approximate surface area is 160 Å². The summed E-state index contributed by atoms with van der Waals surface area (Å²) in [5, 5.41) is 23.3. The first kappa shape index (κ1) is 19.7. The molecule has 1 aliphatic rings. The van der Waals surface area contributed by atoms with Gasteiger partial charge in [0.05, 0.1) is 25.9 Å². The second-order valence-electron chi connectivity index (χ2n) is 6.63. The third kappa shape index (κ3) is 5.73. The Bertz CT molecular complexity index is 692. The first-order valence-electron chi connectivity index (χ1n) is 9.28. The molecule has 5 heteroatoms. The fourth-order valence-corrected chi connectivity index (χ4v) is 3.18. The van der Waals surface area contributed by atoms with Crippen molar-refractivity contribution in [3.05, 3.63) is 83.9 Å². The summed E-state index contributed by atoms with van der Waals surface area (Å²) in [6.45, 7) is 1.10. The van der Waals surface area contributed by atoms with Gasteiger partial charge in [0.15, 0.2) is 0 Å². The average Bonchev–Trinajstić information content (AvgIpc) is 3.26. The van der Waals surface area contributed by atoms with Gasteiger partial charge in [-0.1, -0.05) is 72.8 Å². The Balaban J connectivity index is 1.73. The highest BCUT2D eigenvalue weighted by Crippen LogP contribution is 2.20. The molecule has 0 saturated carbocycles. The summed E-state index contributed by atoms with van der Waals surface area (Å²) in [6.07, 6.45) is 1.92. The minimum absolute atomic E-state index is 0.0873. The van der Waals surface area contributed by atoms with Crippen LogP contribution in [0.2, 0.25) is 0 Å². The van der Waals surface area contributed by atoms with Crippen molar-refractivity contribution in [2.75, 3.05) is 13.2 Å². The molecule has 0 aromatic heterocycles. The van der Waals surface area contributed by atoms with Gasteiger partial charge >= 0.3 is 0 Å². The third-order valence-corrected chi connectivity index (χ3v) is 4.63. The lowest BCUT2D eigenvalue weighted by Gasteiger charge is -2.33. The molecule has 2 aromatic rings. The van der Waals surface area contributed by atoms with E-state index < -0.39 is 18.3 Å². The molecule has 0 aliphatic carbocycles. The number of hydrogen-bond acceptors (Lipinski definition) is 5. The summed E-state index contributed by atoms with van der Waals surface area (Å²) in [7, 11) is 0. The van der Waals surface area contributed by atoms with Crippen LogP contribution in [0, 0.1) is 0 Å². The highest BCUT2D eigenvalue weighted by atomic mass is 16.5. The van der Waals surface area contributed by atoms with Crippen molar-refractivity contribution in [1.82, 2.24) is 5.32 Å². The average molecular weight is 369 g/mol. The molecule has 3 rings (SSSR count). The molecule has 0 bridgehead atoms. The standard InChI is InChI=1S/C22H27NO4/c24-14-20(25)22(27-16-18-10-5-2-6-11-18)21(19-12-7-13-23-19)26-15-17-8-3-1-4-9-17/h1-12,19-25H,13-16H2/t19-,20+,21-,22-/m1/s1. The molecule has 144 valence electrons. The minimum Gasteiger partial charge on any atom is -0.394 e. The van der Waals surface area contributed by atoms with Crippen LogP contribution in [0.3, 0.4) is 0 Å². The van der Waals surface area contributed by atoms with Gasteiger partial charge in [0.1, 0.15) is 18.3 Å². The van der Waals surface area contributed by atoms with E-state index in [1.165, 1.54) is 0 Å². The second-order valence-corrected chi connectivity index (χ2v) is 6.63. The van der Waals surface area contributed by atoms with Crippen molar-refractivity contribution in [2.45, 2.75) is 37.6 Å². The Morgan fingerprint density at radius 3 is 2.04 bits per heavy atom. The molecule has 0 saturated heterocycles. The number of ether oxygens (including phenoxy) is 2. The molecule has 27 heavy (non-hydrogen) atoms. The van der Waals surface area contributed by atoms with Gasteiger partial charge < -0.3 is 25.0 Å². The summed E-state index contributed by atoms with van der Waals surface area (Å²) in [5.74, 6) is 0. The van der Waals surface area contributed by atoms with Crippen LogP contribution in [0.5, 0.6) is 0 Å². The van der Waals surface area contributed by atoms with E-state index in [1.54, 1.807) is 0 Å². The predicted octanol–water partition coefficient (Wildman–Crippen LogP) is 2.04. The van der Waals surface area contributed by atoms with E-state index in [4.69, 9.17) is 9.47 Å². The van der Waals surface area contributed by atoms with E-state index in [0.717, 1.165) is 17.7 Å². The highest BCUT2D eigenvalue weighted by molar-refractivity contribution is 5.15. The van der Waals surface area contributed by atoms with Crippen LogP contribution >= 0.6 is 0 Å². The van der Waals surface area contributed by atoms with E-state index >= 15 is 0 Å². The molecule has 1 aliphatic heterocycles. The maximum Gasteiger partial charge on any atom is 0.114 e. The van der Waals surface area contributed by atoms with Crippen LogP contribution in [-0.2, 0) is 22.7 Å². The quantitative estimate of drug-likeness (QED) is 0.559. The Kier molecular flexibility index (Phi) is 7.56. The van der Waals surface area contributed by atoms with Gasteiger partial charge in [-0.25, -0.2) is 0 Å². The summed E-state index contributed by atoms with van der Waals surface area (Å²) < 4.78 is 12.2. The maximum absolute atomic E-state index is 10.4. The molecule has 0 fully saturated rings. The fourth-order valence-electron chi connectivity index (χ4n) is 3.18. The van der Waals surface area contributed by atoms with Crippen LogP contribution in [0.25, 0.3) is 0 Å². The van der Waals surface area contributed by atoms with Crippen molar-refractivity contribution < 1.29 is 19.7 Å². The van der Waals surface area contributed by atoms with Gasteiger partial charge in [-0.3, -0.25) is 0 Å². The van der Waals surface area contributed by atoms with Crippen molar-refractivity contribution >= 4 is 0 Å². The van der Waals surface area contributed by atoms with E-state index in [9.17, 15) is 10.2 Å². The fraction of sp³-hybridized carbons (Fsp3) is 0.364. The van der Waals surface area contributed by atoms with Gasteiger partial charge in [-0.05, 0) is 11.1 Å². The van der Waals surface area contributed by atoms with Crippen LogP contribution in [0.1, 0.15) is 11.1 Å². The van der Waals surface area contributed by atoms with Crippen LogP contribution in [0.15, 0.2) is 72.8 Å². The molecule has 5 nitrogen and oxygen atoms in total. The Morgan fingerprint density at radius 2 is 1.52 bits per heavy atom. The minimum atomic E-state index is -1.04. The number of nitrogens with one attached hydrogen (secondary N) is 1. The summed E-state index contributed by atoms with van der Waals surface area (Å²) >= 11 is 0. The van der Waals surface area contributed by atoms with Crippen molar-refractivity contribution in [2.24, 2.45) is 0 Å². The van der Waals surface area contributed by atoms with Crippen molar-refractivity contribution in [1.29, 1.82) is 0 Å². The van der Waals surface area contributed by atoms with Crippen LogP contribution < -0.4 is 5.32 Å². The molecule has 0 spiro atoms. The van der Waals surface area contributed by atoms with Crippen molar-refractivity contribution in [3.63, 3.8) is 0 Å². The molecule has 0 radical (unpaired) electrons. The van der Waals surface area contributed by atoms with Gasteiger partial charge in [0, 0.05) is 6.54 Å². The zero-order valence-electron chi connectivity index (χ0n) is 15.3. The maximum atomic E-state index is 10.4. The smallest absolute Gasteiger partial charge is 0.114 e. The molecule has 4 atom stereocenters. The van der Waals surface area contributed by atoms with E-state index in [-0.39, 0.29) is 12.6 Å². The number of hydrogen-bond donors (Lipinski definition) is 3. The monoisotopic (exact) mass is 369 g/mol. The first-order valence-corrected chi connectivity index (χ1v) is 9.28. The zero-order valence-corrected chi connectivity index (χ0v) is 15.3. The summed E-state index contributed by atoms with van der Waals surface area (Å²) in [5.41, 5.74) is 2.05. The lowest BCUT2D eigenvalue weighted by molar-refractivity contribution is -0.145. The third-order valence-electron chi connectivity index (χ3n) is 4.63. The van der Waals surface area contributed by atoms with Gasteiger partial charge in [0.25, 0.3) is 0 Å². The van der Waals surface area contributed by atoms with Crippen LogP contribution in [0.4, 0.5) is 0 Å². The number of aliphatic hydroxyl groups excluding tert-OH is 2. The summed E-state index contributed by atoms with van der Waals surface area (Å²) in [6, 6.07) is 19.6. The molecular formula is C22H27NO4. The molecule has 0 unspecified atom stereocenters. The molecule has 1 heterocycles. The van der Waals surface area contributed by atoms with Crippen molar-refractivity contribution in [3.8, 4) is 0 Å². The number of rotatable bonds is 10. The van der Waals surface area contributed by atoms with E-state index in [0.29, 0.717) is 13.2 Å². The van der Waals surface area contributed by atoms with E-state index in [1.807, 2.05) is 72.8 Å². The lowest BCUT2D eigenvalue weighted by Crippen LogP contribution is -2.51. The topological polar surface area (TPSA) is 71.0 Å². The Hall–Kier alpha value is -2.02. The SMILES string of the molecule is OC[C@H](O)[C@@H](OCc1ccccc1)[C@H](OCc1ccccc1)[C@H]1C=CCN1. The Morgan fingerprint density at radius 1 is 0.926 bits per heavy atom. The molecular weight excluding hydrogens is 342 g/mol. The predicted molar refractivity (Wildman–Crippen MR) is 104 cm³/mol. The highest BCUT2D eigenvalue weighted by Gasteiger charge is 2.35. The zero-order chi connectivity index (χ0) is 18.9. The normalized spacial score (nSPS) is 19.7. The largest absolute Gasteiger partial charge is 0.394 e. The molecule has 3 N–H and O–H groups in total. The van der Waals surface area contributed by atoms with E-state index in [2.05, 4.69) is 5.32 Å². The summed E-state index contributed by atoms with van der Waals surface area (Å²) in [4.78, 5) is 0. The first-order chi connectivity index (χ1) is 13.3. The molecule has 2 aromatic carbocycles. The van der Waals surface area contributed by atoms with Gasteiger partial charge in [-0.2, -0.15) is 0 Å². The van der Waals surface area contributed by atoms with Crippen LogP contribution in [-0.4, -0.2) is 47.7 Å². The number of aliphatic hydroxyl groups is 2. The lowest BCUT2D eigenvalue weighted by atomic mass is 10.0. The number of benzene rings is 2. The van der Waals surface area contributed by atoms with Gasteiger partial charge in [0.2, 0.25) is 0 Å². The van der Waals surface area contributed by atoms with Gasteiger partial charge in [-0.15, -0.1) is 0 Å².